The summed E-state index contributed by atoms with van der Waals surface area (Å²) in [7, 11) is 0. The molecule has 4 atom stereocenters. The average molecular weight is 341 g/mol. The molecule has 1 aromatic heterocycles. The standard InChI is InChI=1S/C16H27N3O5/c1-2-11-13(21)14(23-10-6-4-3-5-8-17)15(24-11)19-9-7-12(20)18-16(19)22/h7,9,11,13-15,21H,2-6,8,10,17H2,1H3,(H,18,20,22)/t11-,13+,14?,15-/m1/s1. The molecule has 8 heteroatoms. The van der Waals surface area contributed by atoms with Crippen LogP contribution in [0.3, 0.4) is 0 Å². The Kier molecular flexibility index (Phi) is 7.16. The summed E-state index contributed by atoms with van der Waals surface area (Å²) < 4.78 is 12.9. The van der Waals surface area contributed by atoms with E-state index in [1.807, 2.05) is 6.92 Å². The molecule has 24 heavy (non-hydrogen) atoms. The summed E-state index contributed by atoms with van der Waals surface area (Å²) in [6, 6.07) is 1.25. The monoisotopic (exact) mass is 341 g/mol. The van der Waals surface area contributed by atoms with Crippen LogP contribution in [0.5, 0.6) is 0 Å². The predicted octanol–water partition coefficient (Wildman–Crippen LogP) is 0.109. The molecule has 0 aromatic carbocycles. The van der Waals surface area contributed by atoms with Crippen molar-refractivity contribution in [3.63, 3.8) is 0 Å². The molecule has 0 radical (unpaired) electrons. The van der Waals surface area contributed by atoms with Crippen LogP contribution in [0.15, 0.2) is 21.9 Å². The van der Waals surface area contributed by atoms with Gasteiger partial charge in [0.15, 0.2) is 6.23 Å². The van der Waals surface area contributed by atoms with Crippen LogP contribution in [0, 0.1) is 0 Å². The van der Waals surface area contributed by atoms with Crippen molar-refractivity contribution >= 4 is 0 Å². The molecule has 1 aliphatic rings. The Morgan fingerprint density at radius 1 is 1.33 bits per heavy atom. The molecule has 0 bridgehead atoms. The topological polar surface area (TPSA) is 120 Å². The summed E-state index contributed by atoms with van der Waals surface area (Å²) in [6.45, 7) is 3.06. The zero-order valence-electron chi connectivity index (χ0n) is 14.0. The maximum Gasteiger partial charge on any atom is 0.330 e. The quantitative estimate of drug-likeness (QED) is 0.548. The van der Waals surface area contributed by atoms with E-state index in [1.165, 1.54) is 16.8 Å². The highest BCUT2D eigenvalue weighted by atomic mass is 16.6. The third-order valence-electron chi connectivity index (χ3n) is 4.25. The maximum absolute atomic E-state index is 12.0. The molecule has 1 aromatic rings. The van der Waals surface area contributed by atoms with Crippen LogP contribution in [0.25, 0.3) is 0 Å². The molecule has 136 valence electrons. The molecule has 1 aliphatic heterocycles. The lowest BCUT2D eigenvalue weighted by molar-refractivity contribution is -0.0714. The number of unbranched alkanes of at least 4 members (excludes halogenated alkanes) is 3. The van der Waals surface area contributed by atoms with Gasteiger partial charge in [-0.2, -0.15) is 0 Å². The first-order valence-electron chi connectivity index (χ1n) is 8.55. The molecule has 1 saturated heterocycles. The summed E-state index contributed by atoms with van der Waals surface area (Å²) in [6.07, 6.45) is 3.24. The second-order valence-corrected chi connectivity index (χ2v) is 6.02. The van der Waals surface area contributed by atoms with Gasteiger partial charge in [-0.15, -0.1) is 0 Å². The minimum Gasteiger partial charge on any atom is -0.388 e. The number of hydrogen-bond donors (Lipinski definition) is 3. The van der Waals surface area contributed by atoms with Crippen LogP contribution < -0.4 is 17.0 Å². The molecular weight excluding hydrogens is 314 g/mol. The fraction of sp³-hybridized carbons (Fsp3) is 0.750. The Morgan fingerprint density at radius 3 is 2.75 bits per heavy atom. The average Bonchev–Trinajstić information content (AvgIpc) is 2.87. The molecule has 2 rings (SSSR count). The minimum atomic E-state index is -0.817. The van der Waals surface area contributed by atoms with Gasteiger partial charge >= 0.3 is 5.69 Å². The van der Waals surface area contributed by atoms with Gasteiger partial charge < -0.3 is 20.3 Å². The molecule has 0 saturated carbocycles. The third kappa shape index (κ3) is 4.54. The van der Waals surface area contributed by atoms with Crippen molar-refractivity contribution in [1.29, 1.82) is 0 Å². The van der Waals surface area contributed by atoms with Gasteiger partial charge in [0.25, 0.3) is 5.56 Å². The number of ether oxygens (including phenoxy) is 2. The van der Waals surface area contributed by atoms with Gasteiger partial charge in [-0.3, -0.25) is 14.3 Å². The number of nitrogens with one attached hydrogen (secondary N) is 1. The Bertz CT molecular complexity index is 614. The maximum atomic E-state index is 12.0. The highest BCUT2D eigenvalue weighted by molar-refractivity contribution is 4.93. The minimum absolute atomic E-state index is 0.406. The lowest BCUT2D eigenvalue weighted by atomic mass is 10.1. The van der Waals surface area contributed by atoms with E-state index in [9.17, 15) is 14.7 Å². The Labute approximate surface area is 140 Å². The summed E-state index contributed by atoms with van der Waals surface area (Å²) in [5.41, 5.74) is 4.41. The van der Waals surface area contributed by atoms with Crippen molar-refractivity contribution in [3.05, 3.63) is 33.1 Å². The van der Waals surface area contributed by atoms with E-state index < -0.39 is 35.8 Å². The first-order chi connectivity index (χ1) is 11.6. The van der Waals surface area contributed by atoms with Crippen molar-refractivity contribution < 1.29 is 14.6 Å². The molecule has 2 heterocycles. The van der Waals surface area contributed by atoms with Crippen LogP contribution in [0.4, 0.5) is 0 Å². The number of aliphatic hydroxyl groups excluding tert-OH is 1. The van der Waals surface area contributed by atoms with E-state index in [0.717, 1.165) is 25.7 Å². The summed E-state index contributed by atoms with van der Waals surface area (Å²) in [4.78, 5) is 25.4. The van der Waals surface area contributed by atoms with Crippen LogP contribution in [-0.2, 0) is 9.47 Å². The second-order valence-electron chi connectivity index (χ2n) is 6.02. The van der Waals surface area contributed by atoms with Crippen molar-refractivity contribution in [2.75, 3.05) is 13.2 Å². The zero-order chi connectivity index (χ0) is 17.5. The molecule has 1 unspecified atom stereocenters. The lowest BCUT2D eigenvalue weighted by Gasteiger charge is -2.22. The van der Waals surface area contributed by atoms with E-state index in [2.05, 4.69) is 4.98 Å². The van der Waals surface area contributed by atoms with Crippen LogP contribution >= 0.6 is 0 Å². The van der Waals surface area contributed by atoms with Gasteiger partial charge in [0, 0.05) is 18.9 Å². The number of hydrogen-bond acceptors (Lipinski definition) is 6. The Morgan fingerprint density at radius 2 is 2.08 bits per heavy atom. The number of aromatic amines is 1. The molecule has 0 aliphatic carbocycles. The number of H-pyrrole nitrogens is 1. The van der Waals surface area contributed by atoms with Crippen LogP contribution in [0.1, 0.15) is 45.3 Å². The van der Waals surface area contributed by atoms with Crippen molar-refractivity contribution in [2.45, 2.75) is 63.6 Å². The van der Waals surface area contributed by atoms with Gasteiger partial charge in [-0.1, -0.05) is 19.8 Å². The van der Waals surface area contributed by atoms with E-state index >= 15 is 0 Å². The molecule has 8 nitrogen and oxygen atoms in total. The highest BCUT2D eigenvalue weighted by Crippen LogP contribution is 2.32. The van der Waals surface area contributed by atoms with E-state index in [-0.39, 0.29) is 0 Å². The van der Waals surface area contributed by atoms with Crippen LogP contribution in [-0.4, -0.2) is 46.1 Å². The SMILES string of the molecule is CC[C@H]1O[C@@H](n2ccc(=O)[nH]c2=O)C(OCCCCCCN)[C@H]1O. The highest BCUT2D eigenvalue weighted by Gasteiger charge is 2.44. The van der Waals surface area contributed by atoms with E-state index in [4.69, 9.17) is 15.2 Å². The van der Waals surface area contributed by atoms with Crippen molar-refractivity contribution in [1.82, 2.24) is 9.55 Å². The molecular formula is C16H27N3O5. The number of nitrogens with zero attached hydrogens (tertiary/aromatic N) is 1. The predicted molar refractivity (Wildman–Crippen MR) is 88.8 cm³/mol. The summed E-state index contributed by atoms with van der Waals surface area (Å²) >= 11 is 0. The normalized spacial score (nSPS) is 26.8. The van der Waals surface area contributed by atoms with Crippen molar-refractivity contribution in [3.8, 4) is 0 Å². The summed E-state index contributed by atoms with van der Waals surface area (Å²) in [5.74, 6) is 0. The first kappa shape index (κ1) is 18.9. The first-order valence-corrected chi connectivity index (χ1v) is 8.55. The molecule has 4 N–H and O–H groups in total. The number of aromatic nitrogens is 2. The fourth-order valence-corrected chi connectivity index (χ4v) is 2.91. The zero-order valence-corrected chi connectivity index (χ0v) is 14.0. The van der Waals surface area contributed by atoms with Gasteiger partial charge in [-0.25, -0.2) is 4.79 Å². The molecule has 0 spiro atoms. The number of rotatable bonds is 9. The van der Waals surface area contributed by atoms with Crippen molar-refractivity contribution in [2.24, 2.45) is 5.73 Å². The van der Waals surface area contributed by atoms with Crippen LogP contribution in [0.2, 0.25) is 0 Å². The van der Waals surface area contributed by atoms with E-state index in [1.54, 1.807) is 0 Å². The number of aliphatic hydroxyl groups is 1. The molecule has 1 fully saturated rings. The van der Waals surface area contributed by atoms with Gasteiger partial charge in [0.05, 0.1) is 6.10 Å². The fourth-order valence-electron chi connectivity index (χ4n) is 2.91. The largest absolute Gasteiger partial charge is 0.388 e. The number of nitrogens with two attached hydrogens (primary N) is 1. The lowest BCUT2D eigenvalue weighted by Crippen LogP contribution is -2.39. The Balaban J connectivity index is 2.04. The van der Waals surface area contributed by atoms with E-state index in [0.29, 0.717) is 19.6 Å². The Hall–Kier alpha value is -1.48. The van der Waals surface area contributed by atoms with Gasteiger partial charge in [0.1, 0.15) is 12.2 Å². The summed E-state index contributed by atoms with van der Waals surface area (Å²) in [5, 5.41) is 10.4. The smallest absolute Gasteiger partial charge is 0.330 e. The van der Waals surface area contributed by atoms with Gasteiger partial charge in [0.2, 0.25) is 0 Å². The second kappa shape index (κ2) is 9.12. The third-order valence-corrected chi connectivity index (χ3v) is 4.25. The molecule has 0 amide bonds. The van der Waals surface area contributed by atoms with Gasteiger partial charge in [-0.05, 0) is 25.8 Å².